The molecule has 6 nitrogen and oxygen atoms in total. The van der Waals surface area contributed by atoms with E-state index in [4.69, 9.17) is 9.47 Å². The van der Waals surface area contributed by atoms with E-state index in [1.54, 1.807) is 6.33 Å². The van der Waals surface area contributed by atoms with Crippen molar-refractivity contribution in [3.05, 3.63) is 47.9 Å². The molecule has 1 aromatic carbocycles. The molecule has 1 saturated heterocycles. The van der Waals surface area contributed by atoms with E-state index in [9.17, 15) is 0 Å². The van der Waals surface area contributed by atoms with Crippen molar-refractivity contribution in [1.82, 2.24) is 15.0 Å². The molecule has 2 aliphatic heterocycles. The summed E-state index contributed by atoms with van der Waals surface area (Å²) in [6, 6.07) is 10.8. The zero-order chi connectivity index (χ0) is 19.2. The van der Waals surface area contributed by atoms with Crippen LogP contribution in [0.5, 0.6) is 5.75 Å². The van der Waals surface area contributed by atoms with E-state index >= 15 is 0 Å². The second-order valence-electron chi connectivity index (χ2n) is 8.57. The number of aromatic amines is 1. The molecule has 3 aliphatic rings. The maximum absolute atomic E-state index is 6.17. The van der Waals surface area contributed by atoms with Gasteiger partial charge in [-0.15, -0.1) is 0 Å². The van der Waals surface area contributed by atoms with E-state index in [1.165, 1.54) is 24.1 Å². The molecule has 6 rings (SSSR count). The summed E-state index contributed by atoms with van der Waals surface area (Å²) in [6.07, 6.45) is 6.37. The number of hydrogen-bond donors (Lipinski definition) is 2. The average Bonchev–Trinajstić information content (AvgIpc) is 3.53. The third-order valence-corrected chi connectivity index (χ3v) is 6.74. The second-order valence-corrected chi connectivity index (χ2v) is 8.57. The molecule has 3 aromatic rings. The third-order valence-electron chi connectivity index (χ3n) is 6.74. The number of anilines is 1. The van der Waals surface area contributed by atoms with E-state index < -0.39 is 0 Å². The molecule has 0 amide bonds. The molecule has 0 bridgehead atoms. The number of fused-ring (bicyclic) bond motifs is 2. The number of aromatic nitrogens is 3. The van der Waals surface area contributed by atoms with Crippen molar-refractivity contribution in [2.45, 2.75) is 37.6 Å². The summed E-state index contributed by atoms with van der Waals surface area (Å²) in [6.45, 7) is 2.42. The van der Waals surface area contributed by atoms with Crippen LogP contribution in [0.25, 0.3) is 11.0 Å². The summed E-state index contributed by atoms with van der Waals surface area (Å²) in [5.74, 6) is 3.53. The van der Waals surface area contributed by atoms with E-state index in [-0.39, 0.29) is 6.04 Å². The fraction of sp³-hybridized carbons (Fsp3) is 0.478. The molecular weight excluding hydrogens is 364 g/mol. The predicted octanol–water partition coefficient (Wildman–Crippen LogP) is 4.42. The normalized spacial score (nSPS) is 24.8. The molecular formula is C23H26N4O2. The Hall–Kier alpha value is -2.60. The lowest BCUT2D eigenvalue weighted by Gasteiger charge is -2.40. The van der Waals surface area contributed by atoms with Crippen LogP contribution in [0.4, 0.5) is 5.82 Å². The SMILES string of the molecule is c1ccc2c(c1)OCC(C1CCOCC1)[C@H]2Nc1ncnc2[nH]c(C3CC3)cc12. The van der Waals surface area contributed by atoms with Crippen LogP contribution < -0.4 is 10.1 Å². The molecule has 1 aliphatic carbocycles. The maximum Gasteiger partial charge on any atom is 0.143 e. The summed E-state index contributed by atoms with van der Waals surface area (Å²) in [4.78, 5) is 12.6. The largest absolute Gasteiger partial charge is 0.493 e. The molecule has 0 spiro atoms. The standard InChI is InChI=1S/C23H26N4O2/c1-2-4-20-16(3-1)21(18(12-29-20)14-7-9-28-10-8-14)27-23-17-11-19(15-5-6-15)26-22(17)24-13-25-23/h1-4,11,13-15,18,21H,5-10,12H2,(H2,24,25,26,27)/t18?,21-/m0/s1. The number of H-pyrrole nitrogens is 1. The Kier molecular flexibility index (Phi) is 4.18. The molecule has 0 radical (unpaired) electrons. The molecule has 2 aromatic heterocycles. The van der Waals surface area contributed by atoms with Crippen molar-refractivity contribution in [2.75, 3.05) is 25.1 Å². The lowest BCUT2D eigenvalue weighted by molar-refractivity contribution is 0.0264. The highest BCUT2D eigenvalue weighted by molar-refractivity contribution is 5.88. The van der Waals surface area contributed by atoms with Gasteiger partial charge in [0.1, 0.15) is 23.5 Å². The number of benzene rings is 1. The minimum absolute atomic E-state index is 0.167. The average molecular weight is 390 g/mol. The number of ether oxygens (including phenoxy) is 2. The van der Waals surface area contributed by atoms with Gasteiger partial charge >= 0.3 is 0 Å². The monoisotopic (exact) mass is 390 g/mol. The van der Waals surface area contributed by atoms with Crippen LogP contribution in [-0.4, -0.2) is 34.8 Å². The van der Waals surface area contributed by atoms with Gasteiger partial charge in [0.05, 0.1) is 18.0 Å². The molecule has 2 N–H and O–H groups in total. The molecule has 1 saturated carbocycles. The summed E-state index contributed by atoms with van der Waals surface area (Å²) in [5.41, 5.74) is 3.43. The first kappa shape index (κ1) is 17.3. The summed E-state index contributed by atoms with van der Waals surface area (Å²) >= 11 is 0. The fourth-order valence-electron chi connectivity index (χ4n) is 4.96. The first-order chi connectivity index (χ1) is 14.4. The topological polar surface area (TPSA) is 72.1 Å². The van der Waals surface area contributed by atoms with Gasteiger partial charge in [0.2, 0.25) is 0 Å². The Morgan fingerprint density at radius 1 is 1.03 bits per heavy atom. The number of rotatable bonds is 4. The number of nitrogens with zero attached hydrogens (tertiary/aromatic N) is 2. The highest BCUT2D eigenvalue weighted by atomic mass is 16.5. The van der Waals surface area contributed by atoms with Gasteiger partial charge < -0.3 is 19.8 Å². The van der Waals surface area contributed by atoms with Gasteiger partial charge in [-0.2, -0.15) is 0 Å². The number of nitrogens with one attached hydrogen (secondary N) is 2. The molecule has 6 heteroatoms. The quantitative estimate of drug-likeness (QED) is 0.690. The summed E-state index contributed by atoms with van der Waals surface area (Å²) < 4.78 is 11.8. The van der Waals surface area contributed by atoms with Crippen molar-refractivity contribution in [3.8, 4) is 5.75 Å². The van der Waals surface area contributed by atoms with Gasteiger partial charge in [-0.3, -0.25) is 0 Å². The molecule has 1 unspecified atom stereocenters. The first-order valence-corrected chi connectivity index (χ1v) is 10.8. The van der Waals surface area contributed by atoms with Gasteiger partial charge in [0.15, 0.2) is 0 Å². The van der Waals surface area contributed by atoms with Crippen LogP contribution in [0.1, 0.15) is 48.9 Å². The van der Waals surface area contributed by atoms with E-state index in [0.717, 1.165) is 55.3 Å². The number of hydrogen-bond acceptors (Lipinski definition) is 5. The van der Waals surface area contributed by atoms with Crippen molar-refractivity contribution in [2.24, 2.45) is 11.8 Å². The molecule has 29 heavy (non-hydrogen) atoms. The first-order valence-electron chi connectivity index (χ1n) is 10.8. The Labute approximate surface area is 170 Å². The van der Waals surface area contributed by atoms with Gasteiger partial charge in [-0.05, 0) is 49.7 Å². The Balaban J connectivity index is 1.38. The van der Waals surface area contributed by atoms with Crippen molar-refractivity contribution >= 4 is 16.9 Å². The second kappa shape index (κ2) is 7.02. The van der Waals surface area contributed by atoms with Crippen LogP contribution in [-0.2, 0) is 4.74 Å². The van der Waals surface area contributed by atoms with E-state index in [2.05, 4.69) is 44.5 Å². The van der Waals surface area contributed by atoms with Crippen LogP contribution in [0.3, 0.4) is 0 Å². The minimum atomic E-state index is 0.167. The maximum atomic E-state index is 6.17. The van der Waals surface area contributed by atoms with Gasteiger partial charge in [0.25, 0.3) is 0 Å². The van der Waals surface area contributed by atoms with Crippen molar-refractivity contribution in [3.63, 3.8) is 0 Å². The smallest absolute Gasteiger partial charge is 0.143 e. The molecule has 4 heterocycles. The predicted molar refractivity (Wildman–Crippen MR) is 111 cm³/mol. The molecule has 150 valence electrons. The third kappa shape index (κ3) is 3.15. The van der Waals surface area contributed by atoms with Gasteiger partial charge in [-0.1, -0.05) is 18.2 Å². The highest BCUT2D eigenvalue weighted by Crippen LogP contribution is 2.44. The molecule has 2 fully saturated rings. The van der Waals surface area contributed by atoms with Crippen LogP contribution >= 0.6 is 0 Å². The Bertz CT molecular complexity index is 1020. The van der Waals surface area contributed by atoms with Crippen LogP contribution in [0, 0.1) is 11.8 Å². The lowest BCUT2D eigenvalue weighted by Crippen LogP contribution is -2.38. The fourth-order valence-corrected chi connectivity index (χ4v) is 4.96. The summed E-state index contributed by atoms with van der Waals surface area (Å²) in [5, 5.41) is 4.90. The summed E-state index contributed by atoms with van der Waals surface area (Å²) in [7, 11) is 0. The highest BCUT2D eigenvalue weighted by Gasteiger charge is 2.37. The number of para-hydroxylation sites is 1. The zero-order valence-electron chi connectivity index (χ0n) is 16.4. The van der Waals surface area contributed by atoms with Gasteiger partial charge in [-0.25, -0.2) is 9.97 Å². The van der Waals surface area contributed by atoms with Crippen molar-refractivity contribution < 1.29 is 9.47 Å². The van der Waals surface area contributed by atoms with Gasteiger partial charge in [0, 0.05) is 30.4 Å². The zero-order valence-corrected chi connectivity index (χ0v) is 16.4. The Morgan fingerprint density at radius 3 is 2.76 bits per heavy atom. The van der Waals surface area contributed by atoms with Crippen LogP contribution in [0.15, 0.2) is 36.7 Å². The van der Waals surface area contributed by atoms with Crippen molar-refractivity contribution in [1.29, 1.82) is 0 Å². The molecule has 2 atom stereocenters. The minimum Gasteiger partial charge on any atom is -0.493 e. The van der Waals surface area contributed by atoms with Crippen LogP contribution in [0.2, 0.25) is 0 Å². The van der Waals surface area contributed by atoms with E-state index in [0.29, 0.717) is 17.8 Å². The van der Waals surface area contributed by atoms with E-state index in [1.807, 2.05) is 6.07 Å². The Morgan fingerprint density at radius 2 is 1.90 bits per heavy atom. The lowest BCUT2D eigenvalue weighted by atomic mass is 9.77.